The Balaban J connectivity index is 2.03. The van der Waals surface area contributed by atoms with Crippen LogP contribution in [0.25, 0.3) is 22.1 Å². The van der Waals surface area contributed by atoms with E-state index in [0.717, 1.165) is 31.0 Å². The molecule has 0 fully saturated rings. The van der Waals surface area contributed by atoms with Gasteiger partial charge in [-0.2, -0.15) is 0 Å². The van der Waals surface area contributed by atoms with E-state index in [9.17, 15) is 0 Å². The molecule has 1 aliphatic heterocycles. The summed E-state index contributed by atoms with van der Waals surface area (Å²) >= 11 is 7.07. The molecule has 0 unspecified atom stereocenters. The number of hydrogen-bond donors (Lipinski definition) is 0. The zero-order valence-electron chi connectivity index (χ0n) is 13.4. The summed E-state index contributed by atoms with van der Waals surface area (Å²) in [6.45, 7) is 4.42. The second kappa shape index (κ2) is 4.80. The normalized spacial score (nSPS) is 16.4. The number of benzene rings is 2. The van der Waals surface area contributed by atoms with Gasteiger partial charge in [-0.25, -0.2) is 9.97 Å². The Kier molecular flexibility index (Phi) is 3.16. The molecule has 4 rings (SSSR count). The summed E-state index contributed by atoms with van der Waals surface area (Å²) in [5.74, 6) is 0. The molecule has 1 aliphatic rings. The van der Waals surface area contributed by atoms with Crippen LogP contribution in [-0.4, -0.2) is 29.7 Å². The van der Waals surface area contributed by atoms with E-state index in [4.69, 9.17) is 9.97 Å². The average Bonchev–Trinajstić information content (AvgIpc) is 2.66. The molecule has 0 N–H and O–H groups in total. The van der Waals surface area contributed by atoms with Crippen molar-refractivity contribution in [2.45, 2.75) is 19.5 Å². The fraction of sp³-hybridized carbons (Fsp3) is 0.294. The van der Waals surface area contributed by atoms with Gasteiger partial charge in [0.1, 0.15) is 5.66 Å². The predicted octanol–water partition coefficient (Wildman–Crippen LogP) is 4.93. The molecule has 0 radical (unpaired) electrons. The maximum Gasteiger partial charge on any atom is 0.106 e. The molecular weight excluding hydrogens is 420 g/mol. The number of aromatic nitrogens is 2. The lowest BCUT2D eigenvalue weighted by Gasteiger charge is -2.36. The van der Waals surface area contributed by atoms with Crippen LogP contribution in [0.2, 0.25) is 0 Å². The molecule has 0 aliphatic carbocycles. The lowest BCUT2D eigenvalue weighted by atomic mass is 10.2. The second-order valence-electron chi connectivity index (χ2n) is 6.42. The number of hydrogen-bond acceptors (Lipinski definition) is 4. The summed E-state index contributed by atoms with van der Waals surface area (Å²) in [6.07, 6.45) is 0. The molecule has 118 valence electrons. The van der Waals surface area contributed by atoms with Crippen molar-refractivity contribution >= 4 is 65.3 Å². The van der Waals surface area contributed by atoms with Crippen LogP contribution in [0.5, 0.6) is 0 Å². The van der Waals surface area contributed by atoms with Crippen LogP contribution in [-0.2, 0) is 0 Å². The van der Waals surface area contributed by atoms with Crippen molar-refractivity contribution in [2.75, 3.05) is 23.9 Å². The molecule has 6 heteroatoms. The lowest BCUT2D eigenvalue weighted by molar-refractivity contribution is 0.505. The molecule has 0 atom stereocenters. The minimum Gasteiger partial charge on any atom is -0.350 e. The second-order valence-corrected chi connectivity index (χ2v) is 8.13. The molecule has 1 aromatic heterocycles. The first-order chi connectivity index (χ1) is 10.8. The fourth-order valence-corrected chi connectivity index (χ4v) is 3.71. The quantitative estimate of drug-likeness (QED) is 0.468. The van der Waals surface area contributed by atoms with E-state index in [1.807, 2.05) is 12.1 Å². The van der Waals surface area contributed by atoms with Gasteiger partial charge in [0.15, 0.2) is 0 Å². The van der Waals surface area contributed by atoms with Gasteiger partial charge in [0, 0.05) is 23.0 Å². The Morgan fingerprint density at radius 2 is 1.09 bits per heavy atom. The third-order valence-corrected chi connectivity index (χ3v) is 6.78. The van der Waals surface area contributed by atoms with Crippen LogP contribution in [0, 0.1) is 0 Å². The zero-order valence-corrected chi connectivity index (χ0v) is 16.5. The van der Waals surface area contributed by atoms with E-state index in [2.05, 4.69) is 81.7 Å². The highest BCUT2D eigenvalue weighted by Gasteiger charge is 2.38. The summed E-state index contributed by atoms with van der Waals surface area (Å²) < 4.78 is 1.97. The summed E-state index contributed by atoms with van der Waals surface area (Å²) in [6, 6.07) is 8.27. The van der Waals surface area contributed by atoms with E-state index < -0.39 is 0 Å². The van der Waals surface area contributed by atoms with Crippen molar-refractivity contribution in [1.29, 1.82) is 0 Å². The van der Waals surface area contributed by atoms with Crippen LogP contribution in [0.4, 0.5) is 11.4 Å². The van der Waals surface area contributed by atoms with Gasteiger partial charge in [-0.05, 0) is 70.0 Å². The molecule has 3 aromatic rings. The van der Waals surface area contributed by atoms with E-state index >= 15 is 0 Å². The zero-order chi connectivity index (χ0) is 16.5. The van der Waals surface area contributed by atoms with Crippen LogP contribution < -0.4 is 9.80 Å². The van der Waals surface area contributed by atoms with E-state index in [1.165, 1.54) is 11.4 Å². The first-order valence-electron chi connectivity index (χ1n) is 7.37. The Morgan fingerprint density at radius 1 is 0.739 bits per heavy atom. The van der Waals surface area contributed by atoms with Gasteiger partial charge in [0.2, 0.25) is 0 Å². The predicted molar refractivity (Wildman–Crippen MR) is 103 cm³/mol. The molecule has 2 heterocycles. The molecule has 4 nitrogen and oxygen atoms in total. The van der Waals surface area contributed by atoms with E-state index in [0.29, 0.717) is 0 Å². The Hall–Kier alpha value is -1.40. The minimum absolute atomic E-state index is 0.0643. The van der Waals surface area contributed by atoms with Crippen LogP contribution in [0.3, 0.4) is 0 Å². The van der Waals surface area contributed by atoms with Gasteiger partial charge in [0.25, 0.3) is 0 Å². The largest absolute Gasteiger partial charge is 0.350 e. The summed E-state index contributed by atoms with van der Waals surface area (Å²) in [4.78, 5) is 14.2. The Morgan fingerprint density at radius 3 is 1.48 bits per heavy atom. The number of fused-ring (bicyclic) bond motifs is 3. The molecule has 0 spiro atoms. The number of anilines is 2. The van der Waals surface area contributed by atoms with Crippen LogP contribution in [0.1, 0.15) is 13.8 Å². The molecule has 0 saturated carbocycles. The maximum atomic E-state index is 4.81. The molecule has 0 bridgehead atoms. The number of rotatable bonds is 0. The van der Waals surface area contributed by atoms with Crippen molar-refractivity contribution in [3.8, 4) is 0 Å². The van der Waals surface area contributed by atoms with Crippen molar-refractivity contribution < 1.29 is 0 Å². The lowest BCUT2D eigenvalue weighted by Crippen LogP contribution is -2.48. The third-order valence-electron chi connectivity index (χ3n) is 4.94. The van der Waals surface area contributed by atoms with Crippen LogP contribution in [0.15, 0.2) is 33.2 Å². The average molecular weight is 436 g/mol. The topological polar surface area (TPSA) is 32.3 Å². The highest BCUT2D eigenvalue weighted by Crippen LogP contribution is 2.44. The molecular formula is C17H16Br2N4. The highest BCUT2D eigenvalue weighted by atomic mass is 79.9. The summed E-state index contributed by atoms with van der Waals surface area (Å²) in [7, 11) is 4.24. The molecule has 0 saturated heterocycles. The van der Waals surface area contributed by atoms with Crippen molar-refractivity contribution in [1.82, 2.24) is 9.97 Å². The first kappa shape index (κ1) is 15.1. The van der Waals surface area contributed by atoms with Crippen molar-refractivity contribution in [3.05, 3.63) is 33.2 Å². The van der Waals surface area contributed by atoms with Gasteiger partial charge < -0.3 is 9.80 Å². The number of halogens is 2. The van der Waals surface area contributed by atoms with Gasteiger partial charge in [-0.1, -0.05) is 0 Å². The van der Waals surface area contributed by atoms with Gasteiger partial charge in [-0.3, -0.25) is 0 Å². The van der Waals surface area contributed by atoms with E-state index in [1.54, 1.807) is 0 Å². The van der Waals surface area contributed by atoms with Crippen molar-refractivity contribution in [3.63, 3.8) is 0 Å². The maximum absolute atomic E-state index is 4.81. The Bertz CT molecular complexity index is 892. The van der Waals surface area contributed by atoms with Gasteiger partial charge in [-0.15, -0.1) is 0 Å². The SMILES string of the molecule is CN1c2cc3nc4cc(Br)c(Br)cc4nc3cc2N(C)C1(C)C. The fourth-order valence-electron chi connectivity index (χ4n) is 3.05. The van der Waals surface area contributed by atoms with Gasteiger partial charge in [0.05, 0.1) is 33.4 Å². The minimum atomic E-state index is -0.0643. The molecule has 0 amide bonds. The molecule has 2 aromatic carbocycles. The Labute approximate surface area is 151 Å². The van der Waals surface area contributed by atoms with Crippen LogP contribution >= 0.6 is 31.9 Å². The number of nitrogens with zero attached hydrogens (tertiary/aromatic N) is 4. The van der Waals surface area contributed by atoms with Crippen molar-refractivity contribution in [2.24, 2.45) is 0 Å². The first-order valence-corrected chi connectivity index (χ1v) is 8.96. The third kappa shape index (κ3) is 2.08. The van der Waals surface area contributed by atoms with E-state index in [-0.39, 0.29) is 5.66 Å². The summed E-state index contributed by atoms with van der Waals surface area (Å²) in [5, 5.41) is 0. The highest BCUT2D eigenvalue weighted by molar-refractivity contribution is 9.13. The smallest absolute Gasteiger partial charge is 0.106 e. The molecule has 23 heavy (non-hydrogen) atoms. The summed E-state index contributed by atoms with van der Waals surface area (Å²) in [5.41, 5.74) is 5.93. The van der Waals surface area contributed by atoms with Gasteiger partial charge >= 0.3 is 0 Å². The monoisotopic (exact) mass is 434 g/mol. The standard InChI is InChI=1S/C17H16Br2N4/c1-17(2)22(3)15-7-13-14(8-16(15)23(17)4)21-12-6-10(19)9(18)5-11(12)20-13/h5-8H,1-4H3.